The van der Waals surface area contributed by atoms with E-state index in [0.717, 1.165) is 36.1 Å². The number of aryl methyl sites for hydroxylation is 1. The predicted octanol–water partition coefficient (Wildman–Crippen LogP) is 2.51. The van der Waals surface area contributed by atoms with Gasteiger partial charge in [-0.1, -0.05) is 18.6 Å². The molecule has 5 heteroatoms. The molecule has 0 bridgehead atoms. The zero-order chi connectivity index (χ0) is 14.7. The van der Waals surface area contributed by atoms with Crippen molar-refractivity contribution in [3.63, 3.8) is 0 Å². The summed E-state index contributed by atoms with van der Waals surface area (Å²) in [4.78, 5) is 14.2. The van der Waals surface area contributed by atoms with Crippen LogP contribution >= 0.6 is 12.4 Å². The molecule has 1 aliphatic carbocycles. The quantitative estimate of drug-likeness (QED) is 0.929. The minimum absolute atomic E-state index is 0. The molecule has 0 aromatic heterocycles. The van der Waals surface area contributed by atoms with Crippen molar-refractivity contribution in [2.24, 2.45) is 11.7 Å². The van der Waals surface area contributed by atoms with E-state index in [-0.39, 0.29) is 30.3 Å². The van der Waals surface area contributed by atoms with Crippen LogP contribution < -0.4 is 10.5 Å². The minimum Gasteiger partial charge on any atom is -0.496 e. The molecule has 118 valence electrons. The Bertz CT molecular complexity index is 493. The van der Waals surface area contributed by atoms with Crippen LogP contribution in [0.3, 0.4) is 0 Å². The summed E-state index contributed by atoms with van der Waals surface area (Å²) in [7, 11) is 3.52. The van der Waals surface area contributed by atoms with Gasteiger partial charge in [-0.15, -0.1) is 12.4 Å². The summed E-state index contributed by atoms with van der Waals surface area (Å²) in [5.41, 5.74) is 8.21. The average molecular weight is 313 g/mol. The van der Waals surface area contributed by atoms with Crippen LogP contribution in [0.1, 0.15) is 30.4 Å². The molecule has 21 heavy (non-hydrogen) atoms. The number of nitrogens with two attached hydrogens (primary N) is 1. The fraction of sp³-hybridized carbons (Fsp3) is 0.562. The fourth-order valence-electron chi connectivity index (χ4n) is 2.97. The number of benzene rings is 1. The molecule has 0 saturated heterocycles. The molecule has 2 atom stereocenters. The first-order valence-electron chi connectivity index (χ1n) is 7.17. The average Bonchev–Trinajstić information content (AvgIpc) is 2.84. The van der Waals surface area contributed by atoms with Crippen molar-refractivity contribution in [3.05, 3.63) is 29.3 Å². The first-order valence-corrected chi connectivity index (χ1v) is 7.17. The molecule has 1 saturated carbocycles. The fourth-order valence-corrected chi connectivity index (χ4v) is 2.97. The Morgan fingerprint density at radius 3 is 2.67 bits per heavy atom. The molecule has 1 aromatic rings. The van der Waals surface area contributed by atoms with Crippen molar-refractivity contribution < 1.29 is 9.53 Å². The second kappa shape index (κ2) is 7.66. The molecule has 1 amide bonds. The monoisotopic (exact) mass is 312 g/mol. The summed E-state index contributed by atoms with van der Waals surface area (Å²) in [6.45, 7) is 2.63. The lowest BCUT2D eigenvalue weighted by atomic mass is 10.0. The summed E-state index contributed by atoms with van der Waals surface area (Å²) >= 11 is 0. The normalized spacial score (nSPS) is 20.8. The molecule has 0 heterocycles. The van der Waals surface area contributed by atoms with Crippen molar-refractivity contribution >= 4 is 18.3 Å². The van der Waals surface area contributed by atoms with Gasteiger partial charge in [0.05, 0.1) is 13.0 Å². The number of hydrogen-bond acceptors (Lipinski definition) is 3. The second-order valence-corrected chi connectivity index (χ2v) is 5.70. The van der Waals surface area contributed by atoms with E-state index in [4.69, 9.17) is 10.5 Å². The van der Waals surface area contributed by atoms with Gasteiger partial charge in [0.1, 0.15) is 5.75 Å². The zero-order valence-electron chi connectivity index (χ0n) is 13.0. The summed E-state index contributed by atoms with van der Waals surface area (Å²) in [5, 5.41) is 0. The Morgan fingerprint density at radius 1 is 1.43 bits per heavy atom. The Hall–Kier alpha value is -1.26. The van der Waals surface area contributed by atoms with Gasteiger partial charge in [-0.25, -0.2) is 0 Å². The molecular formula is C16H25ClN2O2. The van der Waals surface area contributed by atoms with Crippen LogP contribution in [0.15, 0.2) is 18.2 Å². The second-order valence-electron chi connectivity index (χ2n) is 5.70. The zero-order valence-corrected chi connectivity index (χ0v) is 13.8. The minimum atomic E-state index is -0.000606. The maximum atomic E-state index is 12.4. The smallest absolute Gasteiger partial charge is 0.227 e. The van der Waals surface area contributed by atoms with E-state index in [1.54, 1.807) is 12.0 Å². The topological polar surface area (TPSA) is 55.6 Å². The van der Waals surface area contributed by atoms with Crippen molar-refractivity contribution in [1.29, 1.82) is 0 Å². The number of carbonyl (C=O) groups is 1. The van der Waals surface area contributed by atoms with E-state index >= 15 is 0 Å². The molecular weight excluding hydrogens is 288 g/mol. The van der Waals surface area contributed by atoms with Crippen LogP contribution in [0.5, 0.6) is 5.75 Å². The third kappa shape index (κ3) is 4.11. The van der Waals surface area contributed by atoms with Gasteiger partial charge in [-0.3, -0.25) is 4.79 Å². The number of methoxy groups -OCH3 is 1. The van der Waals surface area contributed by atoms with Crippen molar-refractivity contribution in [1.82, 2.24) is 4.90 Å². The molecule has 0 aliphatic heterocycles. The van der Waals surface area contributed by atoms with E-state index in [0.29, 0.717) is 6.54 Å². The van der Waals surface area contributed by atoms with E-state index < -0.39 is 0 Å². The number of rotatable bonds is 4. The van der Waals surface area contributed by atoms with E-state index in [1.165, 1.54) is 0 Å². The SMILES string of the molecule is COc1ccc(CN(C)C(=O)C2CCCC2N)cc1C.Cl. The molecule has 0 spiro atoms. The molecule has 4 nitrogen and oxygen atoms in total. The van der Waals surface area contributed by atoms with E-state index in [9.17, 15) is 4.79 Å². The Balaban J connectivity index is 0.00000220. The maximum Gasteiger partial charge on any atom is 0.227 e. The highest BCUT2D eigenvalue weighted by Crippen LogP contribution is 2.26. The van der Waals surface area contributed by atoms with Crippen LogP contribution in [0.2, 0.25) is 0 Å². The van der Waals surface area contributed by atoms with Gasteiger partial charge >= 0.3 is 0 Å². The van der Waals surface area contributed by atoms with Crippen molar-refractivity contribution in [2.45, 2.75) is 38.8 Å². The molecule has 1 aromatic carbocycles. The van der Waals surface area contributed by atoms with Gasteiger partial charge in [-0.05, 0) is 37.0 Å². The standard InChI is InChI=1S/C16H24N2O2.ClH/c1-11-9-12(7-8-15(11)20-3)10-18(2)16(19)13-5-4-6-14(13)17;/h7-9,13-14H,4-6,10,17H2,1-3H3;1H. The third-order valence-corrected chi connectivity index (χ3v) is 4.14. The first kappa shape index (κ1) is 17.8. The first-order chi connectivity index (χ1) is 9.52. The lowest BCUT2D eigenvalue weighted by Crippen LogP contribution is -2.39. The number of ether oxygens (including phenoxy) is 1. The summed E-state index contributed by atoms with van der Waals surface area (Å²) in [6, 6.07) is 6.05. The van der Waals surface area contributed by atoms with E-state index in [2.05, 4.69) is 6.07 Å². The van der Waals surface area contributed by atoms with Crippen LogP contribution in [-0.4, -0.2) is 31.0 Å². The number of carbonyl (C=O) groups excluding carboxylic acids is 1. The Kier molecular flexibility index (Phi) is 6.49. The van der Waals surface area contributed by atoms with Gasteiger partial charge < -0.3 is 15.4 Å². The highest BCUT2D eigenvalue weighted by atomic mass is 35.5. The van der Waals surface area contributed by atoms with Crippen molar-refractivity contribution in [3.8, 4) is 5.75 Å². The largest absolute Gasteiger partial charge is 0.496 e. The maximum absolute atomic E-state index is 12.4. The third-order valence-electron chi connectivity index (χ3n) is 4.14. The Morgan fingerprint density at radius 2 is 2.14 bits per heavy atom. The van der Waals surface area contributed by atoms with Crippen LogP contribution in [0, 0.1) is 12.8 Å². The molecule has 2 N–H and O–H groups in total. The lowest BCUT2D eigenvalue weighted by Gasteiger charge is -2.23. The summed E-state index contributed by atoms with van der Waals surface area (Å²) in [6.07, 6.45) is 2.95. The van der Waals surface area contributed by atoms with Gasteiger partial charge in [0.15, 0.2) is 0 Å². The Labute approximate surface area is 133 Å². The number of hydrogen-bond donors (Lipinski definition) is 1. The van der Waals surface area contributed by atoms with Gasteiger partial charge in [0.25, 0.3) is 0 Å². The summed E-state index contributed by atoms with van der Waals surface area (Å²) in [5.74, 6) is 1.04. The number of nitrogens with zero attached hydrogens (tertiary/aromatic N) is 1. The number of halogens is 1. The van der Waals surface area contributed by atoms with E-state index in [1.807, 2.05) is 26.1 Å². The van der Waals surface area contributed by atoms with Gasteiger partial charge in [0.2, 0.25) is 5.91 Å². The summed E-state index contributed by atoms with van der Waals surface area (Å²) < 4.78 is 5.25. The van der Waals surface area contributed by atoms with Crippen LogP contribution in [0.4, 0.5) is 0 Å². The highest BCUT2D eigenvalue weighted by molar-refractivity contribution is 5.85. The van der Waals surface area contributed by atoms with Gasteiger partial charge in [0, 0.05) is 19.6 Å². The predicted molar refractivity (Wildman–Crippen MR) is 86.8 cm³/mol. The lowest BCUT2D eigenvalue weighted by molar-refractivity contribution is -0.134. The number of amides is 1. The van der Waals surface area contributed by atoms with Gasteiger partial charge in [-0.2, -0.15) is 0 Å². The molecule has 2 unspecified atom stereocenters. The van der Waals surface area contributed by atoms with Crippen molar-refractivity contribution in [2.75, 3.05) is 14.2 Å². The molecule has 0 radical (unpaired) electrons. The molecule has 1 aliphatic rings. The molecule has 1 fully saturated rings. The molecule has 2 rings (SSSR count). The van der Waals surface area contributed by atoms with Crippen LogP contribution in [0.25, 0.3) is 0 Å². The van der Waals surface area contributed by atoms with Crippen LogP contribution in [-0.2, 0) is 11.3 Å². The highest BCUT2D eigenvalue weighted by Gasteiger charge is 2.32.